The van der Waals surface area contributed by atoms with Gasteiger partial charge in [-0.2, -0.15) is 13.2 Å². The lowest BCUT2D eigenvalue weighted by molar-refractivity contribution is -0.139. The Morgan fingerprint density at radius 2 is 1.94 bits per heavy atom. The molecule has 4 rings (SSSR count). The molecule has 1 unspecified atom stereocenters. The summed E-state index contributed by atoms with van der Waals surface area (Å²) in [5.74, 6) is -4.27. The lowest BCUT2D eigenvalue weighted by Gasteiger charge is -2.28. The highest BCUT2D eigenvalue weighted by atomic mass is 32.2. The predicted octanol–water partition coefficient (Wildman–Crippen LogP) is 5.59. The molecule has 1 saturated heterocycles. The van der Waals surface area contributed by atoms with Crippen molar-refractivity contribution in [3.63, 3.8) is 0 Å². The minimum Gasteiger partial charge on any atom is -0.356 e. The lowest BCUT2D eigenvalue weighted by atomic mass is 9.97. The Bertz CT molecular complexity index is 1290. The molecular formula is C23H26F5N5O2S. The molecule has 7 nitrogen and oxygen atoms in total. The Morgan fingerprint density at radius 1 is 1.25 bits per heavy atom. The number of alkyl halides is 5. The first-order chi connectivity index (χ1) is 16.7. The van der Waals surface area contributed by atoms with Crippen LogP contribution in [0.1, 0.15) is 65.2 Å². The maximum Gasteiger partial charge on any atom is 0.418 e. The van der Waals surface area contributed by atoms with Crippen LogP contribution in [0.2, 0.25) is 0 Å². The maximum atomic E-state index is 14.1. The van der Waals surface area contributed by atoms with E-state index in [1.54, 1.807) is 0 Å². The fourth-order valence-corrected chi connectivity index (χ4v) is 5.00. The lowest BCUT2D eigenvalue weighted by Crippen LogP contribution is -2.31. The summed E-state index contributed by atoms with van der Waals surface area (Å²) < 4.78 is 90.2. The highest BCUT2D eigenvalue weighted by Gasteiger charge is 2.44. The van der Waals surface area contributed by atoms with Gasteiger partial charge in [0.05, 0.1) is 26.5 Å². The monoisotopic (exact) mass is 531 g/mol. The molecule has 0 aromatic carbocycles. The number of rotatable bonds is 5. The van der Waals surface area contributed by atoms with Crippen LogP contribution in [0.15, 0.2) is 23.4 Å². The molecule has 2 N–H and O–H groups in total. The average molecular weight is 532 g/mol. The molecule has 13 heteroatoms. The number of amides is 1. The van der Waals surface area contributed by atoms with Gasteiger partial charge in [-0.05, 0) is 43.9 Å². The van der Waals surface area contributed by atoms with E-state index in [0.29, 0.717) is 12.8 Å². The number of carbonyl (C=O) groups is 1. The van der Waals surface area contributed by atoms with Crippen molar-refractivity contribution >= 4 is 27.1 Å². The van der Waals surface area contributed by atoms with Gasteiger partial charge in [-0.1, -0.05) is 0 Å². The van der Waals surface area contributed by atoms with Gasteiger partial charge in [0.1, 0.15) is 10.8 Å². The van der Waals surface area contributed by atoms with E-state index in [9.17, 15) is 31.0 Å². The van der Waals surface area contributed by atoms with Crippen molar-refractivity contribution < 1.29 is 31.0 Å². The summed E-state index contributed by atoms with van der Waals surface area (Å²) in [6, 6.07) is 2.57. The van der Waals surface area contributed by atoms with Crippen LogP contribution in [0.5, 0.6) is 0 Å². The summed E-state index contributed by atoms with van der Waals surface area (Å²) in [6.45, 7) is 1.15. The van der Waals surface area contributed by atoms with Crippen LogP contribution in [0, 0.1) is 11.7 Å². The topological polar surface area (TPSA) is 99.0 Å². The molecule has 0 spiro atoms. The van der Waals surface area contributed by atoms with Crippen LogP contribution in [-0.4, -0.2) is 45.4 Å². The third-order valence-electron chi connectivity index (χ3n) is 6.34. The molecule has 1 aliphatic heterocycles. The van der Waals surface area contributed by atoms with E-state index in [2.05, 4.69) is 15.3 Å². The zero-order chi connectivity index (χ0) is 26.5. The van der Waals surface area contributed by atoms with Crippen molar-refractivity contribution in [3.8, 4) is 0 Å². The molecule has 2 aromatic rings. The number of nitrogens with zero attached hydrogens (tertiary/aromatic N) is 3. The molecule has 0 bridgehead atoms. The molecule has 2 fully saturated rings. The minimum atomic E-state index is -4.77. The predicted molar refractivity (Wildman–Crippen MR) is 124 cm³/mol. The highest BCUT2D eigenvalue weighted by molar-refractivity contribution is 7.91. The minimum absolute atomic E-state index is 0.0494. The van der Waals surface area contributed by atoms with E-state index < -0.39 is 45.6 Å². The molecule has 196 valence electrons. The van der Waals surface area contributed by atoms with Gasteiger partial charge in [0.15, 0.2) is 0 Å². The smallest absolute Gasteiger partial charge is 0.356 e. The third kappa shape index (κ3) is 5.60. The molecule has 0 radical (unpaired) electrons. The second kappa shape index (κ2) is 9.24. The van der Waals surface area contributed by atoms with Crippen molar-refractivity contribution in [2.24, 2.45) is 0 Å². The zero-order valence-corrected chi connectivity index (χ0v) is 20.5. The van der Waals surface area contributed by atoms with Crippen LogP contribution in [-0.2, 0) is 15.9 Å². The summed E-state index contributed by atoms with van der Waals surface area (Å²) in [6.07, 6.45) is -2.10. The van der Waals surface area contributed by atoms with Crippen molar-refractivity contribution in [2.45, 2.75) is 62.1 Å². The van der Waals surface area contributed by atoms with E-state index in [-0.39, 0.29) is 59.3 Å². The number of carbonyl (C=O) groups excluding carboxylic acids is 1. The first kappa shape index (κ1) is 26.2. The second-order valence-corrected chi connectivity index (χ2v) is 11.5. The van der Waals surface area contributed by atoms with E-state index in [4.69, 9.17) is 4.78 Å². The van der Waals surface area contributed by atoms with Crippen LogP contribution >= 0.6 is 0 Å². The molecule has 2 aliphatic rings. The van der Waals surface area contributed by atoms with Crippen LogP contribution in [0.4, 0.5) is 33.5 Å². The largest absolute Gasteiger partial charge is 0.418 e. The Hall–Kier alpha value is -2.83. The van der Waals surface area contributed by atoms with Crippen molar-refractivity contribution in [1.29, 1.82) is 4.78 Å². The summed E-state index contributed by atoms with van der Waals surface area (Å²) in [5, 5.41) is 2.39. The SMILES string of the molecule is Cc1c(C(=O)Nc2ccnc(S(C)(=N)=O)c2)c(N2CCCC(F)(F)CC2)nc(C2CC2)c1C(F)(F)F. The molecule has 1 amide bonds. The standard InChI is InChI=1S/C23H26F5N5O2S/c1-13-17(21(34)31-15-6-9-30-16(12-15)36(2,29)35)20(33-10-3-7-22(24,25)8-11-33)32-19(14-4-5-14)18(13)23(26,27)28/h6,9,12,14,29H,3-5,7-8,10-11H2,1-2H3,(H,30,31,34). The molecule has 1 atom stereocenters. The van der Waals surface area contributed by atoms with Crippen molar-refractivity contribution in [2.75, 3.05) is 29.6 Å². The van der Waals surface area contributed by atoms with E-state index in [1.165, 1.54) is 30.2 Å². The normalized spacial score (nSPS) is 19.9. The molecule has 2 aromatic heterocycles. The number of hydrogen-bond donors (Lipinski definition) is 2. The number of halogens is 5. The number of anilines is 2. The molecule has 36 heavy (non-hydrogen) atoms. The van der Waals surface area contributed by atoms with Gasteiger partial charge in [0.2, 0.25) is 5.92 Å². The summed E-state index contributed by atoms with van der Waals surface area (Å²) in [7, 11) is -3.21. The second-order valence-electron chi connectivity index (χ2n) is 9.34. The third-order valence-corrected chi connectivity index (χ3v) is 7.36. The summed E-state index contributed by atoms with van der Waals surface area (Å²) in [4.78, 5) is 23.0. The Kier molecular flexibility index (Phi) is 6.73. The zero-order valence-electron chi connectivity index (χ0n) is 19.7. The van der Waals surface area contributed by atoms with Gasteiger partial charge in [-0.3, -0.25) is 4.79 Å². The summed E-state index contributed by atoms with van der Waals surface area (Å²) in [5.41, 5.74) is -1.72. The van der Waals surface area contributed by atoms with Crippen LogP contribution < -0.4 is 10.2 Å². The number of nitrogens with one attached hydrogen (secondary N) is 2. The van der Waals surface area contributed by atoms with Crippen molar-refractivity contribution in [1.82, 2.24) is 9.97 Å². The fourth-order valence-electron chi connectivity index (χ4n) is 4.39. The van der Waals surface area contributed by atoms with Crippen LogP contribution in [0.25, 0.3) is 0 Å². The fraction of sp³-hybridized carbons (Fsp3) is 0.522. The quantitative estimate of drug-likeness (QED) is 0.490. The van der Waals surface area contributed by atoms with Crippen LogP contribution in [0.3, 0.4) is 0 Å². The number of hydrogen-bond acceptors (Lipinski definition) is 6. The van der Waals surface area contributed by atoms with Crippen molar-refractivity contribution in [3.05, 3.63) is 40.7 Å². The average Bonchev–Trinajstić information content (AvgIpc) is 3.60. The molecule has 3 heterocycles. The van der Waals surface area contributed by atoms with Gasteiger partial charge in [-0.25, -0.2) is 27.7 Å². The molecule has 1 saturated carbocycles. The van der Waals surface area contributed by atoms with E-state index >= 15 is 0 Å². The van der Waals surface area contributed by atoms with E-state index in [0.717, 1.165) is 6.26 Å². The highest BCUT2D eigenvalue weighted by Crippen LogP contribution is 2.48. The first-order valence-electron chi connectivity index (χ1n) is 11.4. The Balaban J connectivity index is 1.83. The van der Waals surface area contributed by atoms with Gasteiger partial charge < -0.3 is 10.2 Å². The Labute approximate surface area is 205 Å². The number of pyridine rings is 2. The Morgan fingerprint density at radius 3 is 2.56 bits per heavy atom. The first-order valence-corrected chi connectivity index (χ1v) is 13.4. The maximum absolute atomic E-state index is 14.1. The summed E-state index contributed by atoms with van der Waals surface area (Å²) >= 11 is 0. The molecular weight excluding hydrogens is 505 g/mol. The van der Waals surface area contributed by atoms with Gasteiger partial charge >= 0.3 is 6.18 Å². The van der Waals surface area contributed by atoms with E-state index in [1.807, 2.05) is 0 Å². The number of aromatic nitrogens is 2. The van der Waals surface area contributed by atoms with Gasteiger partial charge in [0, 0.05) is 50.0 Å². The van der Waals surface area contributed by atoms with Gasteiger partial charge in [-0.15, -0.1) is 0 Å². The molecule has 1 aliphatic carbocycles. The van der Waals surface area contributed by atoms with Gasteiger partial charge in [0.25, 0.3) is 5.91 Å².